The number of aliphatic hydroxyl groups excluding tert-OH is 1. The molecule has 212 valence electrons. The van der Waals surface area contributed by atoms with Crippen LogP contribution in [0.3, 0.4) is 0 Å². The predicted octanol–water partition coefficient (Wildman–Crippen LogP) is 5.44. The number of aliphatic hydroxyl groups is 2. The minimum absolute atomic E-state index is 0.0857. The van der Waals surface area contributed by atoms with Crippen molar-refractivity contribution in [3.05, 3.63) is 101 Å². The van der Waals surface area contributed by atoms with Crippen LogP contribution in [0, 0.1) is 5.92 Å². The molecule has 0 aliphatic carbocycles. The first kappa shape index (κ1) is 29.5. The Balaban J connectivity index is 1.45. The van der Waals surface area contributed by atoms with Crippen LogP contribution in [0.5, 0.6) is 0 Å². The fourth-order valence-electron chi connectivity index (χ4n) is 5.69. The topological polar surface area (TPSA) is 81.1 Å². The molecule has 40 heavy (non-hydrogen) atoms. The number of anilines is 1. The number of fused-ring (bicyclic) bond motifs is 2. The summed E-state index contributed by atoms with van der Waals surface area (Å²) in [6.07, 6.45) is 10.4. The number of carbonyl (C=O) groups is 2. The molecule has 2 aromatic carbocycles. The average molecular weight is 543 g/mol. The minimum atomic E-state index is -1.71. The van der Waals surface area contributed by atoms with Crippen LogP contribution in [0.25, 0.3) is 0 Å². The van der Waals surface area contributed by atoms with Crippen molar-refractivity contribution in [1.29, 1.82) is 0 Å². The van der Waals surface area contributed by atoms with Gasteiger partial charge in [0, 0.05) is 31.0 Å². The molecule has 0 bridgehead atoms. The molecular formula is C34H42N2O4. The Morgan fingerprint density at radius 2 is 1.77 bits per heavy atom. The summed E-state index contributed by atoms with van der Waals surface area (Å²) in [6, 6.07) is 15.2. The lowest BCUT2D eigenvalue weighted by molar-refractivity contribution is -0.139. The Morgan fingerprint density at radius 3 is 2.50 bits per heavy atom. The third kappa shape index (κ3) is 6.13. The summed E-state index contributed by atoms with van der Waals surface area (Å²) < 4.78 is 0. The number of rotatable bonds is 10. The molecule has 0 aromatic heterocycles. The largest absolute Gasteiger partial charge is 0.394 e. The highest BCUT2D eigenvalue weighted by molar-refractivity contribution is 6.07. The van der Waals surface area contributed by atoms with Crippen molar-refractivity contribution in [2.75, 3.05) is 18.1 Å². The van der Waals surface area contributed by atoms with Crippen LogP contribution >= 0.6 is 0 Å². The number of benzene rings is 2. The highest BCUT2D eigenvalue weighted by Gasteiger charge is 2.52. The standard InChI is InChI=1S/C34H42N2O4/c1-24(2)11-9-12-25(3)19-20-35-31-17-8-7-16-30(31)34(40,33(35)39)26(4)13-10-18-32(38)36-22-28-15-6-5-14-27(28)21-29(36)23-37/h5-8,10-11,13-17,19,26,29,37,40H,9,12,18,20-23H2,1-4H3/b13-10+,25-19+/t26-,29+,34+/m1/s1. The summed E-state index contributed by atoms with van der Waals surface area (Å²) in [5, 5.41) is 21.7. The predicted molar refractivity (Wildman–Crippen MR) is 160 cm³/mol. The second-order valence-electron chi connectivity index (χ2n) is 11.3. The van der Waals surface area contributed by atoms with Gasteiger partial charge in [0.25, 0.3) is 5.91 Å². The molecule has 0 spiro atoms. The molecule has 6 nitrogen and oxygen atoms in total. The number of amides is 2. The Labute approximate surface area is 238 Å². The molecular weight excluding hydrogens is 500 g/mol. The zero-order chi connectivity index (χ0) is 28.9. The highest BCUT2D eigenvalue weighted by atomic mass is 16.3. The van der Waals surface area contributed by atoms with Crippen LogP contribution in [-0.4, -0.2) is 46.1 Å². The molecule has 0 saturated heterocycles. The van der Waals surface area contributed by atoms with E-state index in [-0.39, 0.29) is 30.9 Å². The van der Waals surface area contributed by atoms with Crippen LogP contribution in [0.15, 0.2) is 84.0 Å². The van der Waals surface area contributed by atoms with E-state index in [9.17, 15) is 19.8 Å². The van der Waals surface area contributed by atoms with Crippen molar-refractivity contribution < 1.29 is 19.8 Å². The van der Waals surface area contributed by atoms with Gasteiger partial charge in [0.1, 0.15) is 0 Å². The average Bonchev–Trinajstić information content (AvgIpc) is 3.17. The number of para-hydroxylation sites is 1. The van der Waals surface area contributed by atoms with Crippen LogP contribution in [0.1, 0.15) is 63.6 Å². The molecule has 2 N–H and O–H groups in total. The zero-order valence-corrected chi connectivity index (χ0v) is 24.1. The third-order valence-electron chi connectivity index (χ3n) is 8.15. The Morgan fingerprint density at radius 1 is 1.07 bits per heavy atom. The molecule has 2 aromatic rings. The van der Waals surface area contributed by atoms with Crippen molar-refractivity contribution >= 4 is 17.5 Å². The van der Waals surface area contributed by atoms with Gasteiger partial charge in [-0.3, -0.25) is 9.59 Å². The number of hydrogen-bond acceptors (Lipinski definition) is 4. The Hall–Kier alpha value is -3.48. The molecule has 0 unspecified atom stereocenters. The lowest BCUT2D eigenvalue weighted by atomic mass is 9.83. The molecule has 2 aliphatic rings. The summed E-state index contributed by atoms with van der Waals surface area (Å²) in [5.74, 6) is -0.978. The van der Waals surface area contributed by atoms with Crippen LogP contribution in [0.4, 0.5) is 5.69 Å². The summed E-state index contributed by atoms with van der Waals surface area (Å²) in [6.45, 7) is 8.83. The van der Waals surface area contributed by atoms with Gasteiger partial charge in [-0.1, -0.05) is 84.8 Å². The first-order valence-corrected chi connectivity index (χ1v) is 14.2. The summed E-state index contributed by atoms with van der Waals surface area (Å²) >= 11 is 0. The first-order chi connectivity index (χ1) is 19.2. The van der Waals surface area contributed by atoms with Gasteiger partial charge in [0.15, 0.2) is 5.60 Å². The van der Waals surface area contributed by atoms with E-state index in [2.05, 4.69) is 32.9 Å². The van der Waals surface area contributed by atoms with E-state index in [0.29, 0.717) is 25.1 Å². The van der Waals surface area contributed by atoms with Gasteiger partial charge in [-0.15, -0.1) is 0 Å². The van der Waals surface area contributed by atoms with E-state index in [0.717, 1.165) is 29.7 Å². The number of carbonyl (C=O) groups excluding carboxylic acids is 2. The Kier molecular flexibility index (Phi) is 9.44. The smallest absolute Gasteiger partial charge is 0.264 e. The second kappa shape index (κ2) is 12.8. The highest BCUT2D eigenvalue weighted by Crippen LogP contribution is 2.45. The lowest BCUT2D eigenvalue weighted by Gasteiger charge is -2.36. The van der Waals surface area contributed by atoms with Crippen molar-refractivity contribution in [3.8, 4) is 0 Å². The van der Waals surface area contributed by atoms with Crippen LogP contribution in [-0.2, 0) is 28.2 Å². The maximum absolute atomic E-state index is 13.7. The quantitative estimate of drug-likeness (QED) is 0.392. The third-order valence-corrected chi connectivity index (χ3v) is 8.15. The second-order valence-corrected chi connectivity index (χ2v) is 11.3. The van der Waals surface area contributed by atoms with Gasteiger partial charge in [0.2, 0.25) is 5.91 Å². The van der Waals surface area contributed by atoms with Gasteiger partial charge in [0.05, 0.1) is 18.3 Å². The van der Waals surface area contributed by atoms with Crippen LogP contribution in [0.2, 0.25) is 0 Å². The van der Waals surface area contributed by atoms with E-state index in [1.54, 1.807) is 22.0 Å². The monoisotopic (exact) mass is 542 g/mol. The first-order valence-electron chi connectivity index (χ1n) is 14.2. The van der Waals surface area contributed by atoms with Gasteiger partial charge < -0.3 is 20.0 Å². The van der Waals surface area contributed by atoms with E-state index >= 15 is 0 Å². The van der Waals surface area contributed by atoms with Gasteiger partial charge >= 0.3 is 0 Å². The maximum Gasteiger partial charge on any atom is 0.264 e. The van der Waals surface area contributed by atoms with E-state index in [1.807, 2.05) is 55.5 Å². The number of allylic oxidation sites excluding steroid dienone is 3. The lowest BCUT2D eigenvalue weighted by Crippen LogP contribution is -2.46. The molecule has 4 rings (SSSR count). The van der Waals surface area contributed by atoms with Gasteiger partial charge in [-0.05, 0) is 57.2 Å². The fraction of sp³-hybridized carbons (Fsp3) is 0.412. The molecule has 6 heteroatoms. The van der Waals surface area contributed by atoms with E-state index in [4.69, 9.17) is 0 Å². The molecule has 2 heterocycles. The maximum atomic E-state index is 13.7. The van der Waals surface area contributed by atoms with Crippen molar-refractivity contribution in [3.63, 3.8) is 0 Å². The normalized spacial score (nSPS) is 21.4. The molecule has 0 radical (unpaired) electrons. The molecule has 0 fully saturated rings. The summed E-state index contributed by atoms with van der Waals surface area (Å²) in [5.41, 5.74) is 4.35. The van der Waals surface area contributed by atoms with E-state index in [1.165, 1.54) is 11.1 Å². The summed E-state index contributed by atoms with van der Waals surface area (Å²) in [4.78, 5) is 30.2. The number of hydrogen-bond donors (Lipinski definition) is 2. The van der Waals surface area contributed by atoms with Crippen molar-refractivity contribution in [2.45, 2.75) is 71.6 Å². The fourth-order valence-corrected chi connectivity index (χ4v) is 5.69. The van der Waals surface area contributed by atoms with E-state index < -0.39 is 11.5 Å². The molecule has 0 saturated carbocycles. The van der Waals surface area contributed by atoms with Crippen LogP contribution < -0.4 is 4.90 Å². The Bertz CT molecular complexity index is 1320. The SMILES string of the molecule is CC(C)=CCC/C(C)=C/CN1C(=O)[C@](O)([C@H](C)/C=C/CC(=O)N2Cc3ccccc3C[C@H]2CO)c2ccccc21. The molecule has 2 amide bonds. The van der Waals surface area contributed by atoms with Crippen molar-refractivity contribution in [1.82, 2.24) is 4.90 Å². The number of nitrogens with zero attached hydrogens (tertiary/aromatic N) is 2. The van der Waals surface area contributed by atoms with Gasteiger partial charge in [-0.2, -0.15) is 0 Å². The molecule has 3 atom stereocenters. The minimum Gasteiger partial charge on any atom is -0.394 e. The van der Waals surface area contributed by atoms with Crippen molar-refractivity contribution in [2.24, 2.45) is 5.92 Å². The van der Waals surface area contributed by atoms with Gasteiger partial charge in [-0.25, -0.2) is 0 Å². The molecule has 2 aliphatic heterocycles. The summed E-state index contributed by atoms with van der Waals surface area (Å²) in [7, 11) is 0. The zero-order valence-electron chi connectivity index (χ0n) is 24.1.